The highest BCUT2D eigenvalue weighted by Gasteiger charge is 2.25. The molecule has 0 bridgehead atoms. The number of nitrogens with one attached hydrogen (secondary N) is 2. The molecule has 0 aromatic heterocycles. The third-order valence-electron chi connectivity index (χ3n) is 2.55. The van der Waals surface area contributed by atoms with Crippen molar-refractivity contribution in [3.63, 3.8) is 0 Å². The fraction of sp³-hybridized carbons (Fsp3) is 0.909. The highest BCUT2D eigenvalue weighted by molar-refractivity contribution is 5.81. The van der Waals surface area contributed by atoms with Crippen LogP contribution in [0.2, 0.25) is 0 Å². The molecule has 1 aliphatic rings. The number of carbonyl (C=O) groups excluding carboxylic acids is 1. The Labute approximate surface area is 97.2 Å². The Morgan fingerprint density at radius 2 is 2.12 bits per heavy atom. The van der Waals surface area contributed by atoms with Crippen LogP contribution in [0, 0.1) is 0 Å². The summed E-state index contributed by atoms with van der Waals surface area (Å²) in [5, 5.41) is 15.6. The molecule has 16 heavy (non-hydrogen) atoms. The maximum absolute atomic E-state index is 11.6. The fourth-order valence-corrected chi connectivity index (χ4v) is 1.45. The summed E-state index contributed by atoms with van der Waals surface area (Å²) in [6.45, 7) is 2.86. The molecule has 2 unspecified atom stereocenters. The molecule has 0 aromatic rings. The first-order valence-corrected chi connectivity index (χ1v) is 5.85. The molecule has 94 valence electrons. The molecule has 0 spiro atoms. The van der Waals surface area contributed by atoms with Crippen molar-refractivity contribution in [2.45, 2.75) is 38.0 Å². The van der Waals surface area contributed by atoms with Crippen molar-refractivity contribution in [2.24, 2.45) is 0 Å². The summed E-state index contributed by atoms with van der Waals surface area (Å²) in [6.07, 6.45) is 1.76. The Balaban J connectivity index is 2.12. The second kappa shape index (κ2) is 6.18. The normalized spacial score (nSPS) is 19.6. The van der Waals surface area contributed by atoms with E-state index in [1.54, 1.807) is 0 Å². The van der Waals surface area contributed by atoms with Gasteiger partial charge in [-0.2, -0.15) is 0 Å². The molecule has 1 aliphatic carbocycles. The van der Waals surface area contributed by atoms with Gasteiger partial charge in [0.1, 0.15) is 0 Å². The van der Waals surface area contributed by atoms with E-state index in [-0.39, 0.29) is 11.9 Å². The molecule has 0 saturated heterocycles. The minimum Gasteiger partial charge on any atom is -0.390 e. The van der Waals surface area contributed by atoms with Gasteiger partial charge in [-0.25, -0.2) is 0 Å². The molecule has 3 N–H and O–H groups in total. The van der Waals surface area contributed by atoms with Gasteiger partial charge in [-0.05, 0) is 33.9 Å². The summed E-state index contributed by atoms with van der Waals surface area (Å²) >= 11 is 0. The van der Waals surface area contributed by atoms with Gasteiger partial charge in [-0.3, -0.25) is 4.79 Å². The lowest BCUT2D eigenvalue weighted by atomic mass is 10.2. The molecule has 2 atom stereocenters. The molecule has 1 rings (SSSR count). The van der Waals surface area contributed by atoms with Crippen molar-refractivity contribution in [1.82, 2.24) is 15.5 Å². The van der Waals surface area contributed by atoms with Gasteiger partial charge in [0, 0.05) is 19.1 Å². The lowest BCUT2D eigenvalue weighted by molar-refractivity contribution is -0.123. The lowest BCUT2D eigenvalue weighted by Crippen LogP contribution is -2.46. The molecular formula is C11H23N3O2. The van der Waals surface area contributed by atoms with Crippen molar-refractivity contribution in [1.29, 1.82) is 0 Å². The van der Waals surface area contributed by atoms with Crippen LogP contribution >= 0.6 is 0 Å². The van der Waals surface area contributed by atoms with Crippen LogP contribution in [0.5, 0.6) is 0 Å². The van der Waals surface area contributed by atoms with Gasteiger partial charge in [-0.1, -0.05) is 0 Å². The van der Waals surface area contributed by atoms with Crippen molar-refractivity contribution < 1.29 is 9.90 Å². The Bertz CT molecular complexity index is 229. The SMILES string of the molecule is CC(NCC(O)CN(C)C)C(=O)NC1CC1. The van der Waals surface area contributed by atoms with E-state index in [9.17, 15) is 9.90 Å². The zero-order valence-corrected chi connectivity index (χ0v) is 10.4. The zero-order valence-electron chi connectivity index (χ0n) is 10.4. The number of aliphatic hydroxyl groups excluding tert-OH is 1. The van der Waals surface area contributed by atoms with Crippen LogP contribution in [0.15, 0.2) is 0 Å². The molecule has 5 heteroatoms. The highest BCUT2D eigenvalue weighted by atomic mass is 16.3. The summed E-state index contributed by atoms with van der Waals surface area (Å²) in [7, 11) is 3.82. The fourth-order valence-electron chi connectivity index (χ4n) is 1.45. The van der Waals surface area contributed by atoms with Crippen LogP contribution in [0.25, 0.3) is 0 Å². The molecule has 0 aromatic carbocycles. The van der Waals surface area contributed by atoms with Gasteiger partial charge in [0.2, 0.25) is 5.91 Å². The number of hydrogen-bond acceptors (Lipinski definition) is 4. The average molecular weight is 229 g/mol. The Morgan fingerprint density at radius 1 is 1.50 bits per heavy atom. The minimum absolute atomic E-state index is 0.0274. The van der Waals surface area contributed by atoms with E-state index in [1.807, 2.05) is 25.9 Å². The first kappa shape index (κ1) is 13.4. The number of aliphatic hydroxyl groups is 1. The Kier molecular flexibility index (Phi) is 5.18. The first-order chi connectivity index (χ1) is 7.49. The molecular weight excluding hydrogens is 206 g/mol. The monoisotopic (exact) mass is 229 g/mol. The van der Waals surface area contributed by atoms with Crippen LogP contribution in [-0.2, 0) is 4.79 Å². The standard InChI is InChI=1S/C11H23N3O2/c1-8(11(16)13-9-4-5-9)12-6-10(15)7-14(2)3/h8-10,12,15H,4-7H2,1-3H3,(H,13,16). The van der Waals surface area contributed by atoms with Gasteiger partial charge < -0.3 is 20.6 Å². The number of carbonyl (C=O) groups is 1. The molecule has 0 aliphatic heterocycles. The van der Waals surface area contributed by atoms with Crippen molar-refractivity contribution >= 4 is 5.91 Å². The van der Waals surface area contributed by atoms with E-state index in [0.29, 0.717) is 19.1 Å². The summed E-state index contributed by atoms with van der Waals surface area (Å²) < 4.78 is 0. The van der Waals surface area contributed by atoms with Crippen LogP contribution < -0.4 is 10.6 Å². The third-order valence-corrected chi connectivity index (χ3v) is 2.55. The second-order valence-corrected chi connectivity index (χ2v) is 4.83. The van der Waals surface area contributed by atoms with Gasteiger partial charge >= 0.3 is 0 Å². The summed E-state index contributed by atoms with van der Waals surface area (Å²) in [5.74, 6) is 0.0274. The van der Waals surface area contributed by atoms with E-state index in [2.05, 4.69) is 10.6 Å². The van der Waals surface area contributed by atoms with E-state index in [0.717, 1.165) is 12.8 Å². The third kappa shape index (κ3) is 5.44. The Hall–Kier alpha value is -0.650. The summed E-state index contributed by atoms with van der Waals surface area (Å²) in [6, 6.07) is 0.154. The smallest absolute Gasteiger partial charge is 0.237 e. The van der Waals surface area contributed by atoms with E-state index in [4.69, 9.17) is 0 Å². The minimum atomic E-state index is -0.439. The molecule has 1 amide bonds. The molecule has 1 saturated carbocycles. The second-order valence-electron chi connectivity index (χ2n) is 4.83. The van der Waals surface area contributed by atoms with Gasteiger partial charge in [0.15, 0.2) is 0 Å². The Morgan fingerprint density at radius 3 is 2.62 bits per heavy atom. The average Bonchev–Trinajstić information content (AvgIpc) is 2.96. The van der Waals surface area contributed by atoms with Crippen molar-refractivity contribution in [2.75, 3.05) is 27.2 Å². The van der Waals surface area contributed by atoms with Crippen LogP contribution in [0.4, 0.5) is 0 Å². The zero-order chi connectivity index (χ0) is 12.1. The van der Waals surface area contributed by atoms with Crippen LogP contribution in [0.1, 0.15) is 19.8 Å². The topological polar surface area (TPSA) is 64.6 Å². The largest absolute Gasteiger partial charge is 0.390 e. The van der Waals surface area contributed by atoms with E-state index >= 15 is 0 Å². The maximum atomic E-state index is 11.6. The predicted octanol–water partition coefficient (Wildman–Crippen LogP) is -0.834. The predicted molar refractivity (Wildman–Crippen MR) is 63.2 cm³/mol. The van der Waals surface area contributed by atoms with Crippen LogP contribution in [-0.4, -0.2) is 61.3 Å². The quantitative estimate of drug-likeness (QED) is 0.533. The van der Waals surface area contributed by atoms with E-state index in [1.165, 1.54) is 0 Å². The van der Waals surface area contributed by atoms with Crippen molar-refractivity contribution in [3.05, 3.63) is 0 Å². The first-order valence-electron chi connectivity index (χ1n) is 5.85. The summed E-state index contributed by atoms with van der Waals surface area (Å²) in [4.78, 5) is 13.5. The van der Waals surface area contributed by atoms with Gasteiger partial charge in [0.25, 0.3) is 0 Å². The number of hydrogen-bond donors (Lipinski definition) is 3. The van der Waals surface area contributed by atoms with Crippen LogP contribution in [0.3, 0.4) is 0 Å². The van der Waals surface area contributed by atoms with E-state index < -0.39 is 6.10 Å². The number of nitrogens with zero attached hydrogens (tertiary/aromatic N) is 1. The van der Waals surface area contributed by atoms with Gasteiger partial charge in [0.05, 0.1) is 12.1 Å². The number of amides is 1. The molecule has 1 fully saturated rings. The highest BCUT2D eigenvalue weighted by Crippen LogP contribution is 2.18. The molecule has 0 heterocycles. The summed E-state index contributed by atoms with van der Waals surface area (Å²) in [5.41, 5.74) is 0. The lowest BCUT2D eigenvalue weighted by Gasteiger charge is -2.19. The van der Waals surface area contributed by atoms with Gasteiger partial charge in [-0.15, -0.1) is 0 Å². The molecule has 5 nitrogen and oxygen atoms in total. The maximum Gasteiger partial charge on any atom is 0.237 e. The molecule has 0 radical (unpaired) electrons. The van der Waals surface area contributed by atoms with Crippen molar-refractivity contribution in [3.8, 4) is 0 Å². The number of rotatable bonds is 7. The number of likely N-dealkylation sites (N-methyl/N-ethyl adjacent to an activating group) is 1.